The number of nitrogens with zero attached hydrogens (tertiary/aromatic N) is 1. The maximum Gasteiger partial charge on any atom is 0.169 e. The first-order valence-electron chi connectivity index (χ1n) is 4.48. The molecule has 12 heavy (non-hydrogen) atoms. The molecule has 1 aliphatic heterocycles. The van der Waals surface area contributed by atoms with Crippen molar-refractivity contribution in [3.63, 3.8) is 0 Å². The van der Waals surface area contributed by atoms with Gasteiger partial charge in [-0.25, -0.2) is 0 Å². The van der Waals surface area contributed by atoms with Crippen molar-refractivity contribution in [3.05, 3.63) is 12.7 Å². The first kappa shape index (κ1) is 9.52. The lowest BCUT2D eigenvalue weighted by atomic mass is 10.1. The van der Waals surface area contributed by atoms with Gasteiger partial charge in [0, 0.05) is 19.6 Å². The highest BCUT2D eigenvalue weighted by Gasteiger charge is 2.11. The Hall–Kier alpha value is -0.570. The van der Waals surface area contributed by atoms with Gasteiger partial charge in [0.2, 0.25) is 0 Å². The Kier molecular flexibility index (Phi) is 4.08. The standard InChI is InChI=1S/C9H16N2S/c1-2-6-10-9(12)11-7-4-3-5-8-11/h2H,1,3-8H2,(H,10,12). The molecule has 0 saturated carbocycles. The molecule has 1 rings (SSSR count). The Labute approximate surface area is 79.6 Å². The molecule has 0 spiro atoms. The fourth-order valence-electron chi connectivity index (χ4n) is 1.37. The molecular formula is C9H16N2S. The summed E-state index contributed by atoms with van der Waals surface area (Å²) in [5.41, 5.74) is 0. The van der Waals surface area contributed by atoms with Gasteiger partial charge in [0.1, 0.15) is 0 Å². The van der Waals surface area contributed by atoms with Gasteiger partial charge in [-0.1, -0.05) is 6.08 Å². The van der Waals surface area contributed by atoms with Gasteiger partial charge in [0.25, 0.3) is 0 Å². The smallest absolute Gasteiger partial charge is 0.169 e. The van der Waals surface area contributed by atoms with Crippen LogP contribution in [0.4, 0.5) is 0 Å². The minimum absolute atomic E-state index is 0.773. The van der Waals surface area contributed by atoms with E-state index < -0.39 is 0 Å². The second-order valence-corrected chi connectivity index (χ2v) is 3.41. The predicted molar refractivity (Wildman–Crippen MR) is 56.2 cm³/mol. The van der Waals surface area contributed by atoms with Gasteiger partial charge in [-0.05, 0) is 31.5 Å². The Balaban J connectivity index is 2.24. The van der Waals surface area contributed by atoms with Crippen LogP contribution in [0.2, 0.25) is 0 Å². The van der Waals surface area contributed by atoms with Crippen molar-refractivity contribution in [1.82, 2.24) is 10.2 Å². The molecule has 2 nitrogen and oxygen atoms in total. The zero-order chi connectivity index (χ0) is 8.81. The van der Waals surface area contributed by atoms with E-state index in [4.69, 9.17) is 12.2 Å². The summed E-state index contributed by atoms with van der Waals surface area (Å²) in [4.78, 5) is 2.24. The lowest BCUT2D eigenvalue weighted by Gasteiger charge is -2.29. The number of piperidine rings is 1. The molecule has 1 saturated heterocycles. The molecule has 0 atom stereocenters. The Bertz CT molecular complexity index is 162. The van der Waals surface area contributed by atoms with Crippen LogP contribution in [0.1, 0.15) is 19.3 Å². The van der Waals surface area contributed by atoms with Gasteiger partial charge < -0.3 is 10.2 Å². The molecule has 1 fully saturated rings. The number of hydrogen-bond acceptors (Lipinski definition) is 1. The second kappa shape index (κ2) is 5.14. The first-order chi connectivity index (χ1) is 5.84. The van der Waals surface area contributed by atoms with Gasteiger partial charge in [-0.3, -0.25) is 0 Å². The molecule has 0 aliphatic carbocycles. The van der Waals surface area contributed by atoms with Crippen molar-refractivity contribution in [2.45, 2.75) is 19.3 Å². The highest BCUT2D eigenvalue weighted by molar-refractivity contribution is 7.80. The van der Waals surface area contributed by atoms with Gasteiger partial charge in [0.15, 0.2) is 5.11 Å². The number of likely N-dealkylation sites (tertiary alicyclic amines) is 1. The Morgan fingerprint density at radius 2 is 2.08 bits per heavy atom. The van der Waals surface area contributed by atoms with Crippen LogP contribution < -0.4 is 5.32 Å². The van der Waals surface area contributed by atoms with E-state index in [1.807, 2.05) is 6.08 Å². The van der Waals surface area contributed by atoms with Crippen LogP contribution in [0, 0.1) is 0 Å². The van der Waals surface area contributed by atoms with E-state index in [0.717, 1.165) is 24.7 Å². The molecule has 0 aromatic rings. The minimum atomic E-state index is 0.773. The topological polar surface area (TPSA) is 15.3 Å². The van der Waals surface area contributed by atoms with Crippen LogP contribution in [0.3, 0.4) is 0 Å². The van der Waals surface area contributed by atoms with Crippen molar-refractivity contribution in [3.8, 4) is 0 Å². The Morgan fingerprint density at radius 3 is 2.67 bits per heavy atom. The summed E-state index contributed by atoms with van der Waals surface area (Å²) in [6.07, 6.45) is 5.72. The minimum Gasteiger partial charge on any atom is -0.359 e. The highest BCUT2D eigenvalue weighted by atomic mass is 32.1. The van der Waals surface area contributed by atoms with Crippen molar-refractivity contribution in [2.24, 2.45) is 0 Å². The van der Waals surface area contributed by atoms with E-state index >= 15 is 0 Å². The predicted octanol–water partition coefficient (Wildman–Crippen LogP) is 1.53. The average Bonchev–Trinajstić information content (AvgIpc) is 2.15. The van der Waals surface area contributed by atoms with Crippen molar-refractivity contribution < 1.29 is 0 Å². The van der Waals surface area contributed by atoms with Crippen LogP contribution in [0.15, 0.2) is 12.7 Å². The summed E-state index contributed by atoms with van der Waals surface area (Å²) in [6.45, 7) is 6.64. The van der Waals surface area contributed by atoms with Crippen molar-refractivity contribution in [2.75, 3.05) is 19.6 Å². The highest BCUT2D eigenvalue weighted by Crippen LogP contribution is 2.08. The zero-order valence-electron chi connectivity index (χ0n) is 7.38. The molecule has 0 unspecified atom stereocenters. The molecule has 1 N–H and O–H groups in total. The molecule has 0 amide bonds. The van der Waals surface area contributed by atoms with Gasteiger partial charge in [-0.15, -0.1) is 6.58 Å². The third-order valence-electron chi connectivity index (χ3n) is 2.04. The van der Waals surface area contributed by atoms with E-state index in [1.54, 1.807) is 0 Å². The summed E-state index contributed by atoms with van der Waals surface area (Å²) in [5, 5.41) is 4.03. The largest absolute Gasteiger partial charge is 0.359 e. The lowest BCUT2D eigenvalue weighted by Crippen LogP contribution is -2.42. The van der Waals surface area contributed by atoms with E-state index in [-0.39, 0.29) is 0 Å². The lowest BCUT2D eigenvalue weighted by molar-refractivity contribution is 0.339. The molecule has 1 heterocycles. The summed E-state index contributed by atoms with van der Waals surface area (Å²) in [7, 11) is 0. The van der Waals surface area contributed by atoms with E-state index in [1.165, 1.54) is 19.3 Å². The average molecular weight is 184 g/mol. The van der Waals surface area contributed by atoms with E-state index in [0.29, 0.717) is 0 Å². The maximum absolute atomic E-state index is 5.21. The van der Waals surface area contributed by atoms with E-state index in [2.05, 4.69) is 16.8 Å². The molecular weight excluding hydrogens is 168 g/mol. The van der Waals surface area contributed by atoms with Crippen molar-refractivity contribution >= 4 is 17.3 Å². The molecule has 0 radical (unpaired) electrons. The van der Waals surface area contributed by atoms with Crippen LogP contribution in [-0.2, 0) is 0 Å². The summed E-state index contributed by atoms with van der Waals surface area (Å²) in [6, 6.07) is 0. The Morgan fingerprint density at radius 1 is 1.42 bits per heavy atom. The fraction of sp³-hybridized carbons (Fsp3) is 0.667. The van der Waals surface area contributed by atoms with Crippen LogP contribution in [0.5, 0.6) is 0 Å². The van der Waals surface area contributed by atoms with Crippen LogP contribution in [-0.4, -0.2) is 29.6 Å². The second-order valence-electron chi connectivity index (χ2n) is 3.02. The summed E-state index contributed by atoms with van der Waals surface area (Å²) in [5.74, 6) is 0. The number of rotatable bonds is 2. The molecule has 3 heteroatoms. The molecule has 0 bridgehead atoms. The third-order valence-corrected chi connectivity index (χ3v) is 2.44. The first-order valence-corrected chi connectivity index (χ1v) is 4.89. The molecule has 0 aromatic heterocycles. The third kappa shape index (κ3) is 2.81. The van der Waals surface area contributed by atoms with Crippen molar-refractivity contribution in [1.29, 1.82) is 0 Å². The zero-order valence-corrected chi connectivity index (χ0v) is 8.20. The molecule has 0 aromatic carbocycles. The normalized spacial score (nSPS) is 17.2. The van der Waals surface area contributed by atoms with E-state index in [9.17, 15) is 0 Å². The summed E-state index contributed by atoms with van der Waals surface area (Å²) >= 11 is 5.21. The quantitative estimate of drug-likeness (QED) is 0.517. The molecule has 1 aliphatic rings. The molecule has 68 valence electrons. The van der Waals surface area contributed by atoms with Gasteiger partial charge >= 0.3 is 0 Å². The van der Waals surface area contributed by atoms with Gasteiger partial charge in [-0.2, -0.15) is 0 Å². The monoisotopic (exact) mass is 184 g/mol. The van der Waals surface area contributed by atoms with Crippen LogP contribution >= 0.6 is 12.2 Å². The number of thiocarbonyl (C=S) groups is 1. The van der Waals surface area contributed by atoms with Gasteiger partial charge in [0.05, 0.1) is 0 Å². The number of hydrogen-bond donors (Lipinski definition) is 1. The maximum atomic E-state index is 5.21. The number of nitrogens with one attached hydrogen (secondary N) is 1. The fourth-order valence-corrected chi connectivity index (χ4v) is 1.63. The summed E-state index contributed by atoms with van der Waals surface area (Å²) < 4.78 is 0. The SMILES string of the molecule is C=CCNC(=S)N1CCCCC1. The van der Waals surface area contributed by atoms with Crippen LogP contribution in [0.25, 0.3) is 0 Å².